The third-order valence-corrected chi connectivity index (χ3v) is 6.58. The summed E-state index contributed by atoms with van der Waals surface area (Å²) in [5.41, 5.74) is 5.24. The van der Waals surface area contributed by atoms with Crippen molar-refractivity contribution in [2.45, 2.75) is 19.8 Å². The molecule has 1 saturated heterocycles. The van der Waals surface area contributed by atoms with Gasteiger partial charge in [-0.2, -0.15) is 0 Å². The molecule has 2 aromatic carbocycles. The van der Waals surface area contributed by atoms with Gasteiger partial charge >= 0.3 is 0 Å². The third kappa shape index (κ3) is 5.83. The van der Waals surface area contributed by atoms with Crippen molar-refractivity contribution in [2.75, 3.05) is 30.4 Å². The highest BCUT2D eigenvalue weighted by Gasteiger charge is 2.16. The maximum Gasteiger partial charge on any atom is 0.243 e. The van der Waals surface area contributed by atoms with E-state index in [1.54, 1.807) is 18.1 Å². The number of pyridine rings is 1. The van der Waals surface area contributed by atoms with E-state index in [1.165, 1.54) is 18.9 Å². The number of ether oxygens (including phenoxy) is 1. The minimum Gasteiger partial charge on any atom is -0.457 e. The number of fused-ring (bicyclic) bond motifs is 2. The zero-order chi connectivity index (χ0) is 28.1. The summed E-state index contributed by atoms with van der Waals surface area (Å²) in [6.07, 6.45) is 5.20. The van der Waals surface area contributed by atoms with Crippen molar-refractivity contribution in [3.8, 4) is 11.5 Å². The minimum absolute atomic E-state index is 0.144. The topological polar surface area (TPSA) is 123 Å². The summed E-state index contributed by atoms with van der Waals surface area (Å²) in [6.45, 7) is 7.32. The molecule has 11 nitrogen and oxygen atoms in total. The number of amides is 1. The Balaban J connectivity index is 0.000000487. The average molecular weight is 538 g/mol. The van der Waals surface area contributed by atoms with Gasteiger partial charge in [0.2, 0.25) is 5.91 Å². The lowest BCUT2D eigenvalue weighted by Gasteiger charge is -2.17. The van der Waals surface area contributed by atoms with E-state index in [0.717, 1.165) is 63.7 Å². The molecule has 0 aliphatic carbocycles. The SMILES string of the molecule is C=CC(=O)NC.Cc1cc(Nc2ncnc3ccc(N4CCCC4)nc23)ccc1Oc1ccc2c(c1)nnn2C. The van der Waals surface area contributed by atoms with Crippen LogP contribution in [-0.4, -0.2) is 56.0 Å². The monoisotopic (exact) mass is 537 g/mol. The van der Waals surface area contributed by atoms with Crippen molar-refractivity contribution in [1.29, 1.82) is 0 Å². The number of carbonyl (C=O) groups excluding carboxylic acids is 1. The summed E-state index contributed by atoms with van der Waals surface area (Å²) in [7, 11) is 3.43. The summed E-state index contributed by atoms with van der Waals surface area (Å²) in [4.78, 5) is 26.0. The summed E-state index contributed by atoms with van der Waals surface area (Å²) in [5, 5.41) is 14.0. The molecule has 0 spiro atoms. The molecule has 204 valence electrons. The smallest absolute Gasteiger partial charge is 0.243 e. The Kier molecular flexibility index (Phi) is 7.81. The molecular formula is C29H31N9O2. The fraction of sp³-hybridized carbons (Fsp3) is 0.241. The Labute approximate surface area is 231 Å². The second-order valence-electron chi connectivity index (χ2n) is 9.34. The molecule has 1 aliphatic heterocycles. The van der Waals surface area contributed by atoms with Crippen LogP contribution in [0.1, 0.15) is 18.4 Å². The first-order valence-corrected chi connectivity index (χ1v) is 13.0. The zero-order valence-electron chi connectivity index (χ0n) is 22.8. The van der Waals surface area contributed by atoms with Gasteiger partial charge in [-0.1, -0.05) is 11.8 Å². The molecule has 4 heterocycles. The lowest BCUT2D eigenvalue weighted by Crippen LogP contribution is -2.18. The number of hydrogen-bond acceptors (Lipinski definition) is 9. The predicted octanol–water partition coefficient (Wildman–Crippen LogP) is 4.67. The van der Waals surface area contributed by atoms with Gasteiger partial charge in [-0.05, 0) is 73.9 Å². The highest BCUT2D eigenvalue weighted by molar-refractivity contribution is 5.88. The van der Waals surface area contributed by atoms with Gasteiger partial charge in [-0.25, -0.2) is 19.6 Å². The highest BCUT2D eigenvalue weighted by atomic mass is 16.5. The second-order valence-corrected chi connectivity index (χ2v) is 9.34. The summed E-state index contributed by atoms with van der Waals surface area (Å²) >= 11 is 0. The van der Waals surface area contributed by atoms with E-state index in [2.05, 4.69) is 42.4 Å². The lowest BCUT2D eigenvalue weighted by molar-refractivity contribution is -0.116. The van der Waals surface area contributed by atoms with Crippen LogP contribution >= 0.6 is 0 Å². The first-order valence-electron chi connectivity index (χ1n) is 13.0. The standard InChI is InChI=1S/C25H24N8O.C4H7NO/c1-16-13-17(5-9-22(16)34-18-6-8-21-20(14-18)30-31-32(21)2)28-25-24-19(26-15-27-25)7-10-23(29-24)33-11-3-4-12-33;1-3-4(6)5-2/h5-10,13-15H,3-4,11-12H2,1-2H3,(H,26,27,28);3H,1H2,2H3,(H,5,6). The van der Waals surface area contributed by atoms with E-state index in [1.807, 2.05) is 62.5 Å². The van der Waals surface area contributed by atoms with Gasteiger partial charge in [0.25, 0.3) is 0 Å². The van der Waals surface area contributed by atoms with E-state index in [9.17, 15) is 4.79 Å². The molecule has 2 N–H and O–H groups in total. The molecule has 11 heteroatoms. The Morgan fingerprint density at radius 1 is 1.05 bits per heavy atom. The minimum atomic E-state index is -0.144. The summed E-state index contributed by atoms with van der Waals surface area (Å²) in [6, 6.07) is 15.8. The normalized spacial score (nSPS) is 12.6. The van der Waals surface area contributed by atoms with Gasteiger partial charge in [0.05, 0.1) is 11.0 Å². The molecule has 1 amide bonds. The van der Waals surface area contributed by atoms with Crippen LogP contribution in [0.15, 0.2) is 67.5 Å². The van der Waals surface area contributed by atoms with Gasteiger partial charge in [-0.15, -0.1) is 5.10 Å². The number of likely N-dealkylation sites (N-methyl/N-ethyl adjacent to an activating group) is 1. The van der Waals surface area contributed by atoms with Crippen LogP contribution in [0, 0.1) is 6.92 Å². The van der Waals surface area contributed by atoms with Crippen LogP contribution in [0.25, 0.3) is 22.1 Å². The number of benzene rings is 2. The fourth-order valence-corrected chi connectivity index (χ4v) is 4.44. The fourth-order valence-electron chi connectivity index (χ4n) is 4.44. The summed E-state index contributed by atoms with van der Waals surface area (Å²) < 4.78 is 7.87. The molecule has 0 saturated carbocycles. The average Bonchev–Trinajstić information content (AvgIpc) is 3.65. The molecule has 0 atom stereocenters. The van der Waals surface area contributed by atoms with Gasteiger partial charge in [0, 0.05) is 38.9 Å². The molecule has 40 heavy (non-hydrogen) atoms. The predicted molar refractivity (Wildman–Crippen MR) is 156 cm³/mol. The van der Waals surface area contributed by atoms with Crippen LogP contribution in [0.4, 0.5) is 17.3 Å². The Hall–Kier alpha value is -5.06. The number of nitrogens with one attached hydrogen (secondary N) is 2. The maximum absolute atomic E-state index is 9.95. The van der Waals surface area contributed by atoms with Crippen LogP contribution in [-0.2, 0) is 11.8 Å². The second kappa shape index (κ2) is 11.8. The van der Waals surface area contributed by atoms with Crippen LogP contribution in [0.3, 0.4) is 0 Å². The molecule has 6 rings (SSSR count). The number of carbonyl (C=O) groups is 1. The highest BCUT2D eigenvalue weighted by Crippen LogP contribution is 2.31. The van der Waals surface area contributed by atoms with E-state index < -0.39 is 0 Å². The van der Waals surface area contributed by atoms with E-state index in [4.69, 9.17) is 9.72 Å². The first-order chi connectivity index (χ1) is 19.4. The van der Waals surface area contributed by atoms with Gasteiger partial charge in [-0.3, -0.25) is 4.79 Å². The number of aromatic nitrogens is 6. The van der Waals surface area contributed by atoms with Crippen LogP contribution in [0.5, 0.6) is 11.5 Å². The zero-order valence-corrected chi connectivity index (χ0v) is 22.8. The lowest BCUT2D eigenvalue weighted by atomic mass is 10.2. The molecule has 1 aliphatic rings. The molecule has 0 radical (unpaired) electrons. The molecule has 3 aromatic heterocycles. The molecule has 1 fully saturated rings. The number of anilines is 3. The number of rotatable bonds is 6. The number of nitrogens with zero attached hydrogens (tertiary/aromatic N) is 7. The van der Waals surface area contributed by atoms with Crippen LogP contribution in [0.2, 0.25) is 0 Å². The Bertz CT molecular complexity index is 1680. The molecule has 0 bridgehead atoms. The molecule has 0 unspecified atom stereocenters. The first kappa shape index (κ1) is 26.5. The van der Waals surface area contributed by atoms with Gasteiger partial charge in [0.1, 0.15) is 34.7 Å². The maximum atomic E-state index is 9.95. The molecular weight excluding hydrogens is 506 g/mol. The van der Waals surface area contributed by atoms with Gasteiger partial charge < -0.3 is 20.3 Å². The number of aryl methyl sites for hydroxylation is 2. The molecule has 5 aromatic rings. The van der Waals surface area contributed by atoms with Crippen molar-refractivity contribution in [3.63, 3.8) is 0 Å². The number of hydrogen-bond donors (Lipinski definition) is 2. The quantitative estimate of drug-likeness (QED) is 0.298. The van der Waals surface area contributed by atoms with Crippen LogP contribution < -0.4 is 20.3 Å². The van der Waals surface area contributed by atoms with Crippen molar-refractivity contribution < 1.29 is 9.53 Å². The van der Waals surface area contributed by atoms with E-state index in [-0.39, 0.29) is 5.91 Å². The van der Waals surface area contributed by atoms with E-state index >= 15 is 0 Å². The van der Waals surface area contributed by atoms with Gasteiger partial charge in [0.15, 0.2) is 5.82 Å². The van der Waals surface area contributed by atoms with Crippen molar-refractivity contribution in [1.82, 2.24) is 35.3 Å². The van der Waals surface area contributed by atoms with Crippen molar-refractivity contribution >= 4 is 45.3 Å². The summed E-state index contributed by atoms with van der Waals surface area (Å²) in [5.74, 6) is 3.01. The van der Waals surface area contributed by atoms with Crippen molar-refractivity contribution in [3.05, 3.63) is 73.1 Å². The van der Waals surface area contributed by atoms with Crippen molar-refractivity contribution in [2.24, 2.45) is 7.05 Å². The Morgan fingerprint density at radius 2 is 1.88 bits per heavy atom. The van der Waals surface area contributed by atoms with E-state index in [0.29, 0.717) is 5.82 Å². The third-order valence-electron chi connectivity index (χ3n) is 6.58. The Morgan fingerprint density at radius 3 is 2.60 bits per heavy atom. The largest absolute Gasteiger partial charge is 0.457 e.